The summed E-state index contributed by atoms with van der Waals surface area (Å²) in [6.07, 6.45) is 3.54. The number of rotatable bonds is 12. The fourth-order valence-corrected chi connectivity index (χ4v) is 4.05. The molecule has 1 aromatic carbocycles. The number of anilines is 1. The Morgan fingerprint density at radius 3 is 2.65 bits per heavy atom. The van der Waals surface area contributed by atoms with E-state index in [1.54, 1.807) is 13.4 Å². The highest BCUT2D eigenvalue weighted by Crippen LogP contribution is 2.26. The maximum Gasteiger partial charge on any atom is 0.226 e. The van der Waals surface area contributed by atoms with Crippen molar-refractivity contribution >= 4 is 34.2 Å². The first-order valence-electron chi connectivity index (χ1n) is 11.3. The molecule has 0 radical (unpaired) electrons. The van der Waals surface area contributed by atoms with Gasteiger partial charge in [0.05, 0.1) is 12.9 Å². The third-order valence-corrected chi connectivity index (χ3v) is 5.54. The highest BCUT2D eigenvalue weighted by molar-refractivity contribution is 6.28. The second kappa shape index (κ2) is 11.7. The Balaban J connectivity index is 1.44. The van der Waals surface area contributed by atoms with Gasteiger partial charge < -0.3 is 19.9 Å². The van der Waals surface area contributed by atoms with E-state index in [-0.39, 0.29) is 5.28 Å². The molecule has 0 fully saturated rings. The molecule has 0 aliphatic carbocycles. The number of aromatic nitrogens is 4. The zero-order valence-corrected chi connectivity index (χ0v) is 21.2. The van der Waals surface area contributed by atoms with Crippen LogP contribution in [0.3, 0.4) is 0 Å². The van der Waals surface area contributed by atoms with E-state index in [0.717, 1.165) is 36.2 Å². The summed E-state index contributed by atoms with van der Waals surface area (Å²) in [7, 11) is 1.79. The SMILES string of the molecule is C=C(NCc1cccc(C(C(=C)C)=C(C)C)c1)OCCCCn1cnc2c(NC)nc(Cl)nc21. The molecule has 3 rings (SSSR count). The van der Waals surface area contributed by atoms with Gasteiger partial charge in [0.25, 0.3) is 0 Å². The van der Waals surface area contributed by atoms with Crippen LogP contribution in [0, 0.1) is 0 Å². The van der Waals surface area contributed by atoms with Crippen molar-refractivity contribution in [2.75, 3.05) is 19.0 Å². The lowest BCUT2D eigenvalue weighted by atomic mass is 9.94. The predicted molar refractivity (Wildman–Crippen MR) is 141 cm³/mol. The Hall–Kier alpha value is -3.32. The first-order chi connectivity index (χ1) is 16.3. The molecule has 180 valence electrons. The Labute approximate surface area is 206 Å². The summed E-state index contributed by atoms with van der Waals surface area (Å²) in [4.78, 5) is 12.9. The number of unbranched alkanes of at least 4 members (excludes halogenated alkanes) is 1. The molecule has 8 heteroatoms. The molecule has 0 amide bonds. The van der Waals surface area contributed by atoms with Gasteiger partial charge in [-0.15, -0.1) is 0 Å². The quantitative estimate of drug-likeness (QED) is 0.144. The summed E-state index contributed by atoms with van der Waals surface area (Å²) < 4.78 is 7.75. The average Bonchev–Trinajstić information content (AvgIpc) is 3.19. The van der Waals surface area contributed by atoms with Crippen LogP contribution < -0.4 is 10.6 Å². The summed E-state index contributed by atoms with van der Waals surface area (Å²) in [6, 6.07) is 8.46. The molecule has 2 N–H and O–H groups in total. The van der Waals surface area contributed by atoms with Crippen molar-refractivity contribution in [3.8, 4) is 0 Å². The molecule has 0 saturated carbocycles. The molecule has 2 heterocycles. The minimum absolute atomic E-state index is 0.201. The first kappa shape index (κ1) is 25.3. The normalized spacial score (nSPS) is 10.7. The fourth-order valence-electron chi connectivity index (χ4n) is 3.89. The van der Waals surface area contributed by atoms with Crippen LogP contribution in [0.1, 0.15) is 44.7 Å². The van der Waals surface area contributed by atoms with Gasteiger partial charge in [-0.3, -0.25) is 0 Å². The van der Waals surface area contributed by atoms with E-state index in [1.165, 1.54) is 16.7 Å². The Morgan fingerprint density at radius 2 is 1.94 bits per heavy atom. The van der Waals surface area contributed by atoms with Gasteiger partial charge in [-0.2, -0.15) is 9.97 Å². The van der Waals surface area contributed by atoms with E-state index in [0.29, 0.717) is 30.4 Å². The van der Waals surface area contributed by atoms with E-state index < -0.39 is 0 Å². The number of halogens is 1. The van der Waals surface area contributed by atoms with Gasteiger partial charge >= 0.3 is 0 Å². The zero-order valence-electron chi connectivity index (χ0n) is 20.4. The maximum absolute atomic E-state index is 6.03. The standard InChI is InChI=1S/C26H33ClN6O/c1-17(2)22(18(3)4)21-11-9-10-20(14-21)15-29-19(5)34-13-8-7-12-33-16-30-23-24(28-6)31-26(27)32-25(23)33/h9-11,14,16,29H,1,5,7-8,12-13,15H2,2-4,6H3,(H,28,31,32). The average molecular weight is 481 g/mol. The van der Waals surface area contributed by atoms with Crippen LogP contribution in [-0.2, 0) is 17.8 Å². The predicted octanol–water partition coefficient (Wildman–Crippen LogP) is 5.95. The summed E-state index contributed by atoms with van der Waals surface area (Å²) in [6.45, 7) is 16.4. The van der Waals surface area contributed by atoms with Crippen molar-refractivity contribution in [1.82, 2.24) is 24.8 Å². The first-order valence-corrected chi connectivity index (χ1v) is 11.7. The lowest BCUT2D eigenvalue weighted by Gasteiger charge is -2.14. The number of nitrogens with zero attached hydrogens (tertiary/aromatic N) is 4. The molecule has 0 saturated heterocycles. The summed E-state index contributed by atoms with van der Waals surface area (Å²) >= 11 is 6.03. The number of fused-ring (bicyclic) bond motifs is 1. The molecule has 0 aliphatic rings. The number of allylic oxidation sites excluding steroid dienone is 3. The van der Waals surface area contributed by atoms with Crippen LogP contribution in [-0.4, -0.2) is 33.2 Å². The Kier molecular flexibility index (Phi) is 8.71. The lowest BCUT2D eigenvalue weighted by Crippen LogP contribution is -2.15. The van der Waals surface area contributed by atoms with E-state index in [9.17, 15) is 0 Å². The molecule has 7 nitrogen and oxygen atoms in total. The van der Waals surface area contributed by atoms with Crippen molar-refractivity contribution in [3.63, 3.8) is 0 Å². The third kappa shape index (κ3) is 6.38. The largest absolute Gasteiger partial charge is 0.480 e. The van der Waals surface area contributed by atoms with Crippen LogP contribution in [0.5, 0.6) is 0 Å². The number of imidazole rings is 1. The molecule has 0 aliphatic heterocycles. The number of hydrogen-bond acceptors (Lipinski definition) is 6. The van der Waals surface area contributed by atoms with Crippen molar-refractivity contribution in [1.29, 1.82) is 0 Å². The maximum atomic E-state index is 6.03. The van der Waals surface area contributed by atoms with Crippen molar-refractivity contribution in [3.05, 3.63) is 77.2 Å². The molecule has 34 heavy (non-hydrogen) atoms. The summed E-state index contributed by atoms with van der Waals surface area (Å²) in [5.41, 5.74) is 7.31. The second-order valence-corrected chi connectivity index (χ2v) is 8.73. The fraction of sp³-hybridized carbons (Fsp3) is 0.346. The minimum atomic E-state index is 0.201. The molecular weight excluding hydrogens is 448 g/mol. The van der Waals surface area contributed by atoms with Crippen LogP contribution in [0.25, 0.3) is 16.7 Å². The number of ether oxygens (including phenoxy) is 1. The molecule has 3 aromatic rings. The second-order valence-electron chi connectivity index (χ2n) is 8.39. The number of benzene rings is 1. The molecule has 0 spiro atoms. The van der Waals surface area contributed by atoms with Crippen LogP contribution in [0.4, 0.5) is 5.82 Å². The summed E-state index contributed by atoms with van der Waals surface area (Å²) in [5.74, 6) is 1.20. The van der Waals surface area contributed by atoms with E-state index >= 15 is 0 Å². The Bertz CT molecular complexity index is 1210. The van der Waals surface area contributed by atoms with Gasteiger partial charge in [-0.05, 0) is 74.6 Å². The third-order valence-electron chi connectivity index (χ3n) is 5.38. The lowest BCUT2D eigenvalue weighted by molar-refractivity contribution is 0.185. The molecule has 0 unspecified atom stereocenters. The Morgan fingerprint density at radius 1 is 1.15 bits per heavy atom. The van der Waals surface area contributed by atoms with E-state index in [1.807, 2.05) is 11.5 Å². The van der Waals surface area contributed by atoms with Gasteiger partial charge in [0.15, 0.2) is 22.9 Å². The van der Waals surface area contributed by atoms with Gasteiger partial charge in [-0.1, -0.05) is 35.9 Å². The number of nitrogens with one attached hydrogen (secondary N) is 2. The highest BCUT2D eigenvalue weighted by atomic mass is 35.5. The monoisotopic (exact) mass is 480 g/mol. The molecule has 0 bridgehead atoms. The number of aryl methyl sites for hydroxylation is 1. The van der Waals surface area contributed by atoms with Crippen molar-refractivity contribution < 1.29 is 4.74 Å². The number of hydrogen-bond donors (Lipinski definition) is 2. The van der Waals surface area contributed by atoms with Crippen LogP contribution in [0.2, 0.25) is 5.28 Å². The van der Waals surface area contributed by atoms with Crippen LogP contribution >= 0.6 is 11.6 Å². The zero-order chi connectivity index (χ0) is 24.7. The van der Waals surface area contributed by atoms with Gasteiger partial charge in [0.2, 0.25) is 5.28 Å². The molecule has 2 aromatic heterocycles. The van der Waals surface area contributed by atoms with Crippen LogP contribution in [0.15, 0.2) is 60.8 Å². The van der Waals surface area contributed by atoms with Crippen molar-refractivity contribution in [2.45, 2.75) is 46.7 Å². The van der Waals surface area contributed by atoms with Gasteiger partial charge in [-0.25, -0.2) is 4.98 Å². The van der Waals surface area contributed by atoms with E-state index in [4.69, 9.17) is 16.3 Å². The highest BCUT2D eigenvalue weighted by Gasteiger charge is 2.11. The molecule has 0 atom stereocenters. The summed E-state index contributed by atoms with van der Waals surface area (Å²) in [5, 5.41) is 6.46. The smallest absolute Gasteiger partial charge is 0.226 e. The van der Waals surface area contributed by atoms with E-state index in [2.05, 4.69) is 76.9 Å². The van der Waals surface area contributed by atoms with Gasteiger partial charge in [0.1, 0.15) is 0 Å². The molecular formula is C26H33ClN6O. The van der Waals surface area contributed by atoms with Crippen molar-refractivity contribution in [2.24, 2.45) is 0 Å². The van der Waals surface area contributed by atoms with Gasteiger partial charge in [0, 0.05) is 20.1 Å². The minimum Gasteiger partial charge on any atom is -0.480 e. The topological polar surface area (TPSA) is 76.9 Å².